The summed E-state index contributed by atoms with van der Waals surface area (Å²) in [5.41, 5.74) is 2.95. The van der Waals surface area contributed by atoms with E-state index < -0.39 is 0 Å². The number of benzene rings is 2. The van der Waals surface area contributed by atoms with Gasteiger partial charge in [-0.2, -0.15) is 0 Å². The summed E-state index contributed by atoms with van der Waals surface area (Å²) in [6.45, 7) is 7.92. The third-order valence-corrected chi connectivity index (χ3v) is 4.80. The molecule has 3 rings (SSSR count). The van der Waals surface area contributed by atoms with Crippen LogP contribution in [0.15, 0.2) is 48.5 Å². The summed E-state index contributed by atoms with van der Waals surface area (Å²) >= 11 is 0. The van der Waals surface area contributed by atoms with E-state index in [0.717, 1.165) is 36.5 Å². The predicted octanol–water partition coefficient (Wildman–Crippen LogP) is 4.12. The standard InChI is InChI=1S/C22H25FN2O2/c1-3-25(4-2)13-14-27-18-9-5-16(6-10-18)7-11-20-19-12-8-17(23)15-21(19)24-22(20)26/h5-6,8-12,15H,3-4,7,13-14H2,1-2H3,(H,24,26). The Kier molecular flexibility index (Phi) is 6.24. The molecule has 2 aromatic carbocycles. The first-order valence-corrected chi connectivity index (χ1v) is 9.36. The second-order valence-electron chi connectivity index (χ2n) is 6.49. The number of amides is 1. The van der Waals surface area contributed by atoms with Crippen molar-refractivity contribution in [3.8, 4) is 5.75 Å². The molecule has 1 heterocycles. The molecule has 0 atom stereocenters. The van der Waals surface area contributed by atoms with Crippen LogP contribution in [-0.2, 0) is 11.2 Å². The van der Waals surface area contributed by atoms with Crippen molar-refractivity contribution in [2.45, 2.75) is 20.3 Å². The lowest BCUT2D eigenvalue weighted by atomic mass is 10.0. The van der Waals surface area contributed by atoms with E-state index in [2.05, 4.69) is 24.1 Å². The Balaban J connectivity index is 1.59. The van der Waals surface area contributed by atoms with Crippen LogP contribution < -0.4 is 10.1 Å². The maximum atomic E-state index is 13.3. The van der Waals surface area contributed by atoms with Crippen molar-refractivity contribution in [1.82, 2.24) is 4.90 Å². The molecule has 142 valence electrons. The molecule has 1 aliphatic rings. The molecule has 0 bridgehead atoms. The minimum absolute atomic E-state index is 0.188. The molecule has 0 saturated carbocycles. The molecule has 5 heteroatoms. The van der Waals surface area contributed by atoms with Gasteiger partial charge in [0.25, 0.3) is 5.91 Å². The molecule has 2 aromatic rings. The topological polar surface area (TPSA) is 41.6 Å². The van der Waals surface area contributed by atoms with Crippen molar-refractivity contribution in [3.05, 3.63) is 65.5 Å². The molecule has 1 aliphatic heterocycles. The zero-order valence-corrected chi connectivity index (χ0v) is 15.8. The van der Waals surface area contributed by atoms with Crippen LogP contribution in [0.2, 0.25) is 0 Å². The lowest BCUT2D eigenvalue weighted by molar-refractivity contribution is -0.110. The molecule has 1 amide bonds. The van der Waals surface area contributed by atoms with Gasteiger partial charge in [-0.15, -0.1) is 0 Å². The van der Waals surface area contributed by atoms with Gasteiger partial charge < -0.3 is 15.0 Å². The van der Waals surface area contributed by atoms with E-state index in [1.807, 2.05) is 30.3 Å². The van der Waals surface area contributed by atoms with Crippen molar-refractivity contribution >= 4 is 17.2 Å². The molecule has 0 unspecified atom stereocenters. The Morgan fingerprint density at radius 1 is 1.11 bits per heavy atom. The van der Waals surface area contributed by atoms with Gasteiger partial charge in [0.05, 0.1) is 5.69 Å². The minimum Gasteiger partial charge on any atom is -0.492 e. The average molecular weight is 368 g/mol. The van der Waals surface area contributed by atoms with Crippen LogP contribution in [0, 0.1) is 5.82 Å². The zero-order valence-electron chi connectivity index (χ0n) is 15.8. The van der Waals surface area contributed by atoms with Crippen molar-refractivity contribution in [1.29, 1.82) is 0 Å². The van der Waals surface area contributed by atoms with E-state index in [-0.39, 0.29) is 11.7 Å². The van der Waals surface area contributed by atoms with Gasteiger partial charge in [0, 0.05) is 17.7 Å². The van der Waals surface area contributed by atoms with Gasteiger partial charge in [-0.05, 0) is 55.4 Å². The third-order valence-electron chi connectivity index (χ3n) is 4.80. The SMILES string of the molecule is CCN(CC)CCOc1ccc(CC=C2C(=O)Nc3cc(F)ccc32)cc1. The summed E-state index contributed by atoms with van der Waals surface area (Å²) in [6, 6.07) is 12.3. The monoisotopic (exact) mass is 368 g/mol. The zero-order chi connectivity index (χ0) is 19.2. The lowest BCUT2D eigenvalue weighted by Gasteiger charge is -2.18. The second kappa shape index (κ2) is 8.82. The van der Waals surface area contributed by atoms with Crippen LogP contribution in [-0.4, -0.2) is 37.0 Å². The first kappa shape index (κ1) is 19.1. The largest absolute Gasteiger partial charge is 0.492 e. The number of ether oxygens (including phenoxy) is 1. The Bertz CT molecular complexity index is 827. The number of halogens is 1. The van der Waals surface area contributed by atoms with E-state index in [1.54, 1.807) is 6.07 Å². The van der Waals surface area contributed by atoms with E-state index in [0.29, 0.717) is 24.3 Å². The average Bonchev–Trinajstić information content (AvgIpc) is 2.98. The van der Waals surface area contributed by atoms with Crippen LogP contribution >= 0.6 is 0 Å². The number of likely N-dealkylation sites (N-methyl/N-ethyl adjacent to an activating group) is 1. The van der Waals surface area contributed by atoms with Crippen molar-refractivity contribution < 1.29 is 13.9 Å². The van der Waals surface area contributed by atoms with E-state index in [4.69, 9.17) is 4.74 Å². The van der Waals surface area contributed by atoms with Gasteiger partial charge in [-0.3, -0.25) is 4.79 Å². The fraction of sp³-hybridized carbons (Fsp3) is 0.318. The van der Waals surface area contributed by atoms with Gasteiger partial charge in [0.1, 0.15) is 18.2 Å². The summed E-state index contributed by atoms with van der Waals surface area (Å²) in [5, 5.41) is 2.70. The highest BCUT2D eigenvalue weighted by atomic mass is 19.1. The molecular formula is C22H25FN2O2. The van der Waals surface area contributed by atoms with Crippen LogP contribution in [0.1, 0.15) is 25.0 Å². The number of fused-ring (bicyclic) bond motifs is 1. The van der Waals surface area contributed by atoms with Gasteiger partial charge in [0.15, 0.2) is 0 Å². The molecule has 4 nitrogen and oxygen atoms in total. The summed E-state index contributed by atoms with van der Waals surface area (Å²) in [6.07, 6.45) is 2.51. The fourth-order valence-electron chi connectivity index (χ4n) is 3.14. The third kappa shape index (κ3) is 4.74. The molecule has 0 spiro atoms. The second-order valence-corrected chi connectivity index (χ2v) is 6.49. The highest BCUT2D eigenvalue weighted by molar-refractivity contribution is 6.31. The molecule has 0 fully saturated rings. The Morgan fingerprint density at radius 2 is 1.85 bits per heavy atom. The maximum Gasteiger partial charge on any atom is 0.256 e. The van der Waals surface area contributed by atoms with E-state index >= 15 is 0 Å². The molecule has 0 aromatic heterocycles. The van der Waals surface area contributed by atoms with Crippen LogP contribution in [0.3, 0.4) is 0 Å². The minimum atomic E-state index is -0.355. The first-order valence-electron chi connectivity index (χ1n) is 9.36. The summed E-state index contributed by atoms with van der Waals surface area (Å²) in [7, 11) is 0. The Morgan fingerprint density at radius 3 is 2.56 bits per heavy atom. The number of carbonyl (C=O) groups is 1. The Hall–Kier alpha value is -2.66. The highest BCUT2D eigenvalue weighted by Gasteiger charge is 2.23. The summed E-state index contributed by atoms with van der Waals surface area (Å²) in [4.78, 5) is 14.4. The summed E-state index contributed by atoms with van der Waals surface area (Å²) in [5.74, 6) is 0.303. The molecule has 0 saturated heterocycles. The number of nitrogens with one attached hydrogen (secondary N) is 1. The van der Waals surface area contributed by atoms with Crippen molar-refractivity contribution in [3.63, 3.8) is 0 Å². The smallest absolute Gasteiger partial charge is 0.256 e. The highest BCUT2D eigenvalue weighted by Crippen LogP contribution is 2.32. The normalized spacial score (nSPS) is 14.5. The molecule has 0 radical (unpaired) electrons. The molecular weight excluding hydrogens is 343 g/mol. The summed E-state index contributed by atoms with van der Waals surface area (Å²) < 4.78 is 19.1. The maximum absolute atomic E-state index is 13.3. The molecule has 1 N–H and O–H groups in total. The fourth-order valence-corrected chi connectivity index (χ4v) is 3.14. The number of hydrogen-bond acceptors (Lipinski definition) is 3. The quantitative estimate of drug-likeness (QED) is 0.713. The number of hydrogen-bond donors (Lipinski definition) is 1. The number of carbonyl (C=O) groups excluding carboxylic acids is 1. The van der Waals surface area contributed by atoms with Crippen molar-refractivity contribution in [2.75, 3.05) is 31.6 Å². The number of anilines is 1. The molecule has 27 heavy (non-hydrogen) atoms. The van der Waals surface area contributed by atoms with E-state index in [9.17, 15) is 9.18 Å². The van der Waals surface area contributed by atoms with E-state index in [1.165, 1.54) is 12.1 Å². The van der Waals surface area contributed by atoms with Gasteiger partial charge in [-0.25, -0.2) is 4.39 Å². The predicted molar refractivity (Wildman–Crippen MR) is 106 cm³/mol. The van der Waals surface area contributed by atoms with Crippen molar-refractivity contribution in [2.24, 2.45) is 0 Å². The first-order chi connectivity index (χ1) is 13.1. The van der Waals surface area contributed by atoms with Gasteiger partial charge in [-0.1, -0.05) is 32.1 Å². The van der Waals surface area contributed by atoms with Gasteiger partial charge in [0.2, 0.25) is 0 Å². The Labute approximate surface area is 159 Å². The van der Waals surface area contributed by atoms with Gasteiger partial charge >= 0.3 is 0 Å². The van der Waals surface area contributed by atoms with Crippen LogP contribution in [0.4, 0.5) is 10.1 Å². The lowest BCUT2D eigenvalue weighted by Crippen LogP contribution is -2.27. The van der Waals surface area contributed by atoms with Crippen LogP contribution in [0.5, 0.6) is 5.75 Å². The number of rotatable bonds is 8. The molecule has 0 aliphatic carbocycles. The number of nitrogens with zero attached hydrogens (tertiary/aromatic N) is 1. The van der Waals surface area contributed by atoms with Crippen LogP contribution in [0.25, 0.3) is 5.57 Å². The number of allylic oxidation sites excluding steroid dienone is 1.